The number of benzene rings is 2. The second kappa shape index (κ2) is 5.24. The van der Waals surface area contributed by atoms with Crippen molar-refractivity contribution in [1.29, 1.82) is 0 Å². The topological polar surface area (TPSA) is 38.7 Å². The standard InChI is InChI=1S/C19H20O3/c1-21-14-9-10-18-17(11-14)15-3-2-4-16(15)19(22-18)12-5-7-13(20)8-6-12/h5-11,15-16,19-20H,2-4H2,1H3. The average molecular weight is 296 g/mol. The second-order valence-corrected chi connectivity index (χ2v) is 6.23. The van der Waals surface area contributed by atoms with E-state index in [1.807, 2.05) is 24.3 Å². The Morgan fingerprint density at radius 3 is 2.68 bits per heavy atom. The summed E-state index contributed by atoms with van der Waals surface area (Å²) in [6.45, 7) is 0. The number of hydrogen-bond acceptors (Lipinski definition) is 3. The van der Waals surface area contributed by atoms with E-state index in [-0.39, 0.29) is 6.10 Å². The summed E-state index contributed by atoms with van der Waals surface area (Å²) in [7, 11) is 1.71. The zero-order valence-electron chi connectivity index (χ0n) is 12.7. The number of rotatable bonds is 2. The Morgan fingerprint density at radius 1 is 1.09 bits per heavy atom. The van der Waals surface area contributed by atoms with Crippen LogP contribution in [0.3, 0.4) is 0 Å². The molecule has 0 aromatic heterocycles. The Labute approximate surface area is 130 Å². The third kappa shape index (κ3) is 2.12. The summed E-state index contributed by atoms with van der Waals surface area (Å²) in [4.78, 5) is 0. The first-order valence-electron chi connectivity index (χ1n) is 7.90. The fourth-order valence-corrected chi connectivity index (χ4v) is 3.99. The summed E-state index contributed by atoms with van der Waals surface area (Å²) in [6, 6.07) is 13.6. The molecule has 0 spiro atoms. The van der Waals surface area contributed by atoms with E-state index in [0.717, 1.165) is 17.1 Å². The summed E-state index contributed by atoms with van der Waals surface area (Å²) >= 11 is 0. The minimum absolute atomic E-state index is 0.0778. The molecule has 2 aliphatic rings. The lowest BCUT2D eigenvalue weighted by Crippen LogP contribution is -2.26. The highest BCUT2D eigenvalue weighted by atomic mass is 16.5. The van der Waals surface area contributed by atoms with E-state index in [9.17, 15) is 5.11 Å². The maximum absolute atomic E-state index is 9.50. The molecule has 1 aliphatic carbocycles. The number of hydrogen-bond donors (Lipinski definition) is 1. The summed E-state index contributed by atoms with van der Waals surface area (Å²) < 4.78 is 11.7. The minimum Gasteiger partial charge on any atom is -0.508 e. The van der Waals surface area contributed by atoms with E-state index in [0.29, 0.717) is 17.6 Å². The van der Waals surface area contributed by atoms with Crippen molar-refractivity contribution in [2.45, 2.75) is 31.3 Å². The zero-order chi connectivity index (χ0) is 15.1. The van der Waals surface area contributed by atoms with Crippen LogP contribution in [0.5, 0.6) is 17.2 Å². The van der Waals surface area contributed by atoms with E-state index >= 15 is 0 Å². The third-order valence-corrected chi connectivity index (χ3v) is 5.05. The van der Waals surface area contributed by atoms with E-state index in [4.69, 9.17) is 9.47 Å². The Hall–Kier alpha value is -2.16. The average Bonchev–Trinajstić information content (AvgIpc) is 3.04. The van der Waals surface area contributed by atoms with Gasteiger partial charge in [0, 0.05) is 11.5 Å². The molecule has 1 fully saturated rings. The lowest BCUT2D eigenvalue weighted by molar-refractivity contribution is 0.104. The monoisotopic (exact) mass is 296 g/mol. The first kappa shape index (κ1) is 13.5. The fraction of sp³-hybridized carbons (Fsp3) is 0.368. The van der Waals surface area contributed by atoms with Crippen LogP contribution in [0.15, 0.2) is 42.5 Å². The highest BCUT2D eigenvalue weighted by Gasteiger charge is 2.42. The number of aromatic hydroxyl groups is 1. The van der Waals surface area contributed by atoms with E-state index < -0.39 is 0 Å². The molecule has 2 aromatic carbocycles. The predicted molar refractivity (Wildman–Crippen MR) is 84.6 cm³/mol. The molecule has 3 heteroatoms. The summed E-state index contributed by atoms with van der Waals surface area (Å²) in [5.74, 6) is 3.22. The molecule has 1 N–H and O–H groups in total. The summed E-state index contributed by atoms with van der Waals surface area (Å²) in [5.41, 5.74) is 2.44. The molecule has 3 unspecified atom stereocenters. The van der Waals surface area contributed by atoms with Gasteiger partial charge in [-0.2, -0.15) is 0 Å². The van der Waals surface area contributed by atoms with Gasteiger partial charge in [-0.15, -0.1) is 0 Å². The number of phenolic OH excluding ortho intramolecular Hbond substituents is 1. The van der Waals surface area contributed by atoms with Crippen molar-refractivity contribution in [2.75, 3.05) is 7.11 Å². The smallest absolute Gasteiger partial charge is 0.127 e. The molecule has 0 saturated heterocycles. The molecule has 1 heterocycles. The Morgan fingerprint density at radius 2 is 1.91 bits per heavy atom. The van der Waals surface area contributed by atoms with Crippen molar-refractivity contribution in [3.63, 3.8) is 0 Å². The Balaban J connectivity index is 1.75. The minimum atomic E-state index is 0.0778. The molecule has 4 rings (SSSR count). The molecule has 2 aromatic rings. The molecule has 1 aliphatic heterocycles. The van der Waals surface area contributed by atoms with E-state index in [1.54, 1.807) is 19.2 Å². The SMILES string of the molecule is COc1ccc2c(c1)C1CCCC1C(c1ccc(O)cc1)O2. The van der Waals surface area contributed by atoms with Gasteiger partial charge in [0.15, 0.2) is 0 Å². The largest absolute Gasteiger partial charge is 0.508 e. The Bertz CT molecular complexity index is 678. The molecule has 0 amide bonds. The predicted octanol–water partition coefficient (Wildman–Crippen LogP) is 4.42. The van der Waals surface area contributed by atoms with Gasteiger partial charge in [-0.05, 0) is 54.7 Å². The van der Waals surface area contributed by atoms with Gasteiger partial charge in [-0.1, -0.05) is 18.6 Å². The normalized spacial score (nSPS) is 26.0. The zero-order valence-corrected chi connectivity index (χ0v) is 12.7. The molecule has 114 valence electrons. The Kier molecular flexibility index (Phi) is 3.21. The second-order valence-electron chi connectivity index (χ2n) is 6.23. The number of phenols is 1. The molecule has 0 radical (unpaired) electrons. The molecular formula is C19H20O3. The number of methoxy groups -OCH3 is 1. The van der Waals surface area contributed by atoms with Crippen LogP contribution < -0.4 is 9.47 Å². The molecule has 0 bridgehead atoms. The van der Waals surface area contributed by atoms with Crippen molar-refractivity contribution in [3.05, 3.63) is 53.6 Å². The van der Waals surface area contributed by atoms with Gasteiger partial charge in [0.1, 0.15) is 23.4 Å². The lowest BCUT2D eigenvalue weighted by Gasteiger charge is -2.36. The van der Waals surface area contributed by atoms with Crippen LogP contribution in [-0.4, -0.2) is 12.2 Å². The van der Waals surface area contributed by atoms with Gasteiger partial charge in [-0.25, -0.2) is 0 Å². The van der Waals surface area contributed by atoms with Gasteiger partial charge in [0.25, 0.3) is 0 Å². The summed E-state index contributed by atoms with van der Waals surface area (Å²) in [5, 5.41) is 9.50. The van der Waals surface area contributed by atoms with Gasteiger partial charge in [0.2, 0.25) is 0 Å². The van der Waals surface area contributed by atoms with Crippen molar-refractivity contribution >= 4 is 0 Å². The third-order valence-electron chi connectivity index (χ3n) is 5.05. The van der Waals surface area contributed by atoms with E-state index in [1.165, 1.54) is 24.8 Å². The van der Waals surface area contributed by atoms with Crippen molar-refractivity contribution < 1.29 is 14.6 Å². The molecule has 3 nitrogen and oxygen atoms in total. The molecule has 22 heavy (non-hydrogen) atoms. The highest BCUT2D eigenvalue weighted by Crippen LogP contribution is 2.54. The van der Waals surface area contributed by atoms with Crippen LogP contribution in [0.2, 0.25) is 0 Å². The van der Waals surface area contributed by atoms with Crippen molar-refractivity contribution in [3.8, 4) is 17.2 Å². The van der Waals surface area contributed by atoms with Gasteiger partial charge in [-0.3, -0.25) is 0 Å². The van der Waals surface area contributed by atoms with Gasteiger partial charge < -0.3 is 14.6 Å². The molecule has 3 atom stereocenters. The highest BCUT2D eigenvalue weighted by molar-refractivity contribution is 5.46. The van der Waals surface area contributed by atoms with Gasteiger partial charge in [0.05, 0.1) is 7.11 Å². The summed E-state index contributed by atoms with van der Waals surface area (Å²) in [6.07, 6.45) is 3.72. The lowest BCUT2D eigenvalue weighted by atomic mass is 9.80. The quantitative estimate of drug-likeness (QED) is 0.891. The fourth-order valence-electron chi connectivity index (χ4n) is 3.99. The molecule has 1 saturated carbocycles. The van der Waals surface area contributed by atoms with E-state index in [2.05, 4.69) is 6.07 Å². The van der Waals surface area contributed by atoms with Crippen LogP contribution in [0.25, 0.3) is 0 Å². The van der Waals surface area contributed by atoms with Crippen LogP contribution in [0.4, 0.5) is 0 Å². The first-order valence-corrected chi connectivity index (χ1v) is 7.90. The van der Waals surface area contributed by atoms with Crippen molar-refractivity contribution in [1.82, 2.24) is 0 Å². The number of fused-ring (bicyclic) bond motifs is 3. The van der Waals surface area contributed by atoms with Gasteiger partial charge >= 0.3 is 0 Å². The first-order chi connectivity index (χ1) is 10.8. The van der Waals surface area contributed by atoms with Crippen LogP contribution >= 0.6 is 0 Å². The maximum atomic E-state index is 9.50. The maximum Gasteiger partial charge on any atom is 0.127 e. The van der Waals surface area contributed by atoms with Crippen LogP contribution in [-0.2, 0) is 0 Å². The van der Waals surface area contributed by atoms with Crippen LogP contribution in [0.1, 0.15) is 42.4 Å². The van der Waals surface area contributed by atoms with Crippen molar-refractivity contribution in [2.24, 2.45) is 5.92 Å². The number of ether oxygens (including phenoxy) is 2. The molecular weight excluding hydrogens is 276 g/mol. The van der Waals surface area contributed by atoms with Crippen LogP contribution in [0, 0.1) is 5.92 Å².